The van der Waals surface area contributed by atoms with Gasteiger partial charge in [0.1, 0.15) is 35.8 Å². The van der Waals surface area contributed by atoms with Gasteiger partial charge < -0.3 is 77.4 Å². The quantitative estimate of drug-likeness (QED) is 0.0239. The third-order valence-electron chi connectivity index (χ3n) is 14.2. The number of benzene rings is 4. The maximum atomic E-state index is 14.5. The normalized spacial score (nSPS) is 20.1. The van der Waals surface area contributed by atoms with Gasteiger partial charge >= 0.3 is 12.0 Å². The highest BCUT2D eigenvalue weighted by molar-refractivity contribution is 6.19. The van der Waals surface area contributed by atoms with Gasteiger partial charge in [-0.2, -0.15) is 0 Å². The fourth-order valence-electron chi connectivity index (χ4n) is 9.96. The molecular formula is C56H63ClN10O15. The van der Waals surface area contributed by atoms with E-state index < -0.39 is 90.2 Å². The van der Waals surface area contributed by atoms with Gasteiger partial charge in [-0.3, -0.25) is 38.5 Å². The Morgan fingerprint density at radius 1 is 0.817 bits per heavy atom. The number of amides is 9. The molecule has 0 spiro atoms. The molecular weight excluding hydrogens is 1090 g/mol. The predicted molar refractivity (Wildman–Crippen MR) is 299 cm³/mol. The van der Waals surface area contributed by atoms with Crippen molar-refractivity contribution in [2.75, 3.05) is 54.1 Å². The van der Waals surface area contributed by atoms with Crippen LogP contribution < -0.4 is 47.3 Å². The van der Waals surface area contributed by atoms with Crippen molar-refractivity contribution in [2.24, 2.45) is 11.7 Å². The van der Waals surface area contributed by atoms with Crippen LogP contribution in [0.5, 0.6) is 5.75 Å². The Morgan fingerprint density at radius 3 is 2.21 bits per heavy atom. The lowest BCUT2D eigenvalue weighted by Crippen LogP contribution is -2.61. The molecule has 26 heteroatoms. The summed E-state index contributed by atoms with van der Waals surface area (Å²) in [6.45, 7) is 4.41. The highest BCUT2D eigenvalue weighted by Gasteiger charge is 2.48. The molecule has 4 aromatic carbocycles. The van der Waals surface area contributed by atoms with E-state index in [1.807, 2.05) is 19.9 Å². The number of imide groups is 1. The van der Waals surface area contributed by atoms with Crippen LogP contribution in [0.4, 0.5) is 21.9 Å². The van der Waals surface area contributed by atoms with E-state index in [0.717, 1.165) is 10.5 Å². The number of urea groups is 1. The molecule has 9 amide bonds. The standard InChI is InChI=1S/C56H63ClN10O15/c1-28(2)45(60-21-20-59-41(68)10-6-22-66-42(69)17-18-43(66)70)52(76)65-37(9-5-19-61-56(58)80)51(75)62-32-13-11-29(12-14-32)50(74)63-33-15-16-36-30(23-33)24-38(64-36)53(77)67-27-31(26-57)44-35-8-4-3-7-34(35)40(25-39(44)67)81-55-48(73)46(71)47(72)49(82-55)54(78)79/h3-4,7-8,11-18,23-25,28,31,37,45-49,55,60,64,71-73H,5-6,9-10,19-22,26-27H2,1-2H3,(H,59,68)(H,62,75)(H,63,74)(H,65,76)(H,78,79)(H3,58,61,80)/t31-,37+,45+,46+,47+,48-,49+,55+/m1/s1. The summed E-state index contributed by atoms with van der Waals surface area (Å²) in [7, 11) is 0. The van der Waals surface area contributed by atoms with E-state index in [0.29, 0.717) is 38.7 Å². The number of aromatic amines is 1. The molecule has 25 nitrogen and oxygen atoms in total. The Morgan fingerprint density at radius 2 is 1.52 bits per heavy atom. The van der Waals surface area contributed by atoms with Gasteiger partial charge in [0, 0.05) is 102 Å². The minimum absolute atomic E-state index is 0.0778. The van der Waals surface area contributed by atoms with E-state index in [1.165, 1.54) is 41.3 Å². The van der Waals surface area contributed by atoms with Crippen LogP contribution in [-0.4, -0.2) is 165 Å². The molecule has 82 heavy (non-hydrogen) atoms. The average molecular weight is 1150 g/mol. The zero-order chi connectivity index (χ0) is 58.9. The van der Waals surface area contributed by atoms with Crippen LogP contribution in [-0.2, 0) is 33.5 Å². The first-order valence-corrected chi connectivity index (χ1v) is 27.0. The number of alkyl halides is 1. The number of carbonyl (C=O) groups excluding carboxylic acids is 8. The predicted octanol–water partition coefficient (Wildman–Crippen LogP) is 2.13. The summed E-state index contributed by atoms with van der Waals surface area (Å²) in [4.78, 5) is 120. The van der Waals surface area contributed by atoms with E-state index in [2.05, 4.69) is 36.9 Å². The Kier molecular flexibility index (Phi) is 19.2. The molecule has 8 rings (SSSR count). The van der Waals surface area contributed by atoms with Crippen molar-refractivity contribution in [3.63, 3.8) is 0 Å². The number of rotatable bonds is 24. The van der Waals surface area contributed by atoms with Crippen LogP contribution in [0.3, 0.4) is 0 Å². The molecule has 0 aliphatic carbocycles. The smallest absolute Gasteiger partial charge is 0.335 e. The number of halogens is 1. The number of carboxylic acids is 1. The van der Waals surface area contributed by atoms with Crippen LogP contribution in [0.25, 0.3) is 21.7 Å². The number of primary amides is 1. The van der Waals surface area contributed by atoms with Crippen molar-refractivity contribution in [3.05, 3.63) is 108 Å². The first kappa shape index (κ1) is 59.7. The summed E-state index contributed by atoms with van der Waals surface area (Å²) in [6, 6.07) is 18.7. The van der Waals surface area contributed by atoms with E-state index in [9.17, 15) is 63.6 Å². The molecule has 13 N–H and O–H groups in total. The molecule has 1 aromatic heterocycles. The molecule has 1 fully saturated rings. The van der Waals surface area contributed by atoms with Gasteiger partial charge in [-0.1, -0.05) is 38.1 Å². The fourth-order valence-corrected chi connectivity index (χ4v) is 10.2. The fraction of sp³-hybridized carbons (Fsp3) is 0.375. The van der Waals surface area contributed by atoms with Crippen LogP contribution in [0.15, 0.2) is 91.0 Å². The molecule has 4 heterocycles. The summed E-state index contributed by atoms with van der Waals surface area (Å²) in [5.74, 6) is -5.04. The number of H-pyrrole nitrogens is 1. The Balaban J connectivity index is 0.885. The van der Waals surface area contributed by atoms with Gasteiger partial charge in [0.25, 0.3) is 23.6 Å². The number of hydrogen-bond acceptors (Lipinski definition) is 15. The molecule has 0 radical (unpaired) electrons. The zero-order valence-electron chi connectivity index (χ0n) is 44.6. The number of nitrogens with one attached hydrogen (secondary N) is 7. The van der Waals surface area contributed by atoms with Crippen molar-refractivity contribution in [1.29, 1.82) is 0 Å². The first-order chi connectivity index (χ1) is 39.2. The summed E-state index contributed by atoms with van der Waals surface area (Å²) in [5, 5.41) is 59.7. The second-order valence-corrected chi connectivity index (χ2v) is 20.6. The van der Waals surface area contributed by atoms with Crippen molar-refractivity contribution in [1.82, 2.24) is 31.2 Å². The largest absolute Gasteiger partial charge is 0.479 e. The molecule has 1 saturated heterocycles. The van der Waals surface area contributed by atoms with Crippen molar-refractivity contribution in [2.45, 2.75) is 88.2 Å². The molecule has 434 valence electrons. The number of ether oxygens (including phenoxy) is 2. The monoisotopic (exact) mass is 1150 g/mol. The third-order valence-corrected chi connectivity index (χ3v) is 14.6. The number of nitrogens with zero attached hydrogens (tertiary/aromatic N) is 2. The van der Waals surface area contributed by atoms with Crippen molar-refractivity contribution >= 4 is 104 Å². The van der Waals surface area contributed by atoms with E-state index in [1.54, 1.807) is 48.5 Å². The summed E-state index contributed by atoms with van der Waals surface area (Å²) in [6.07, 6.45) is -6.19. The van der Waals surface area contributed by atoms with Gasteiger partial charge in [-0.05, 0) is 84.7 Å². The van der Waals surface area contributed by atoms with E-state index in [4.69, 9.17) is 26.8 Å². The number of aliphatic hydroxyl groups excluding tert-OH is 3. The summed E-state index contributed by atoms with van der Waals surface area (Å²) < 4.78 is 11.5. The average Bonchev–Trinajstić information content (AvgIpc) is 2.74. The minimum Gasteiger partial charge on any atom is -0.479 e. The number of carbonyl (C=O) groups is 9. The van der Waals surface area contributed by atoms with Gasteiger partial charge in [0.05, 0.1) is 11.7 Å². The lowest BCUT2D eigenvalue weighted by molar-refractivity contribution is -0.270. The molecule has 3 aliphatic rings. The topological polar surface area (TPSA) is 373 Å². The number of hydrogen-bond donors (Lipinski definition) is 12. The molecule has 0 saturated carbocycles. The highest BCUT2D eigenvalue weighted by atomic mass is 35.5. The van der Waals surface area contributed by atoms with Gasteiger partial charge in [0.2, 0.25) is 24.0 Å². The lowest BCUT2D eigenvalue weighted by atomic mass is 9.95. The van der Waals surface area contributed by atoms with Gasteiger partial charge in [-0.25, -0.2) is 9.59 Å². The number of anilines is 3. The van der Waals surface area contributed by atoms with E-state index in [-0.39, 0.29) is 99.0 Å². The molecule has 3 aliphatic heterocycles. The molecule has 0 unspecified atom stereocenters. The van der Waals surface area contributed by atoms with E-state index >= 15 is 0 Å². The minimum atomic E-state index is -1.93. The molecule has 5 aromatic rings. The maximum Gasteiger partial charge on any atom is 0.335 e. The van der Waals surface area contributed by atoms with Gasteiger partial charge in [-0.15, -0.1) is 11.6 Å². The second kappa shape index (κ2) is 26.4. The van der Waals surface area contributed by atoms with Gasteiger partial charge in [0.15, 0.2) is 6.10 Å². The number of aliphatic hydroxyl groups is 3. The number of fused-ring (bicyclic) bond motifs is 4. The second-order valence-electron chi connectivity index (χ2n) is 20.3. The Hall–Kier alpha value is -8.46. The highest BCUT2D eigenvalue weighted by Crippen LogP contribution is 2.47. The molecule has 8 atom stereocenters. The summed E-state index contributed by atoms with van der Waals surface area (Å²) in [5.41, 5.74) is 8.11. The SMILES string of the molecule is CC(C)[C@H](NCCNC(=O)CCCN1C(=O)C=CC1=O)C(=O)N[C@@H](CCCNC(N)=O)C(=O)Nc1ccc(C(=O)Nc2ccc3[nH]c(C(=O)N4C[C@@H](CCl)c5c4cc(O[C@H]4O[C@H](C(=O)O)[C@@H](O)[C@H](O)[C@H]4O)c4ccccc54)cc3c2)cc1. The summed E-state index contributed by atoms with van der Waals surface area (Å²) >= 11 is 6.52. The van der Waals surface area contributed by atoms with Crippen LogP contribution in [0.1, 0.15) is 71.9 Å². The number of carboxylic acid groups (broad SMARTS) is 1. The van der Waals surface area contributed by atoms with Crippen LogP contribution in [0.2, 0.25) is 0 Å². The third kappa shape index (κ3) is 13.8. The number of nitrogens with two attached hydrogens (primary N) is 1. The lowest BCUT2D eigenvalue weighted by Gasteiger charge is -2.38. The zero-order valence-corrected chi connectivity index (χ0v) is 45.3. The number of aromatic nitrogens is 1. The van der Waals surface area contributed by atoms with Crippen LogP contribution in [0, 0.1) is 5.92 Å². The Labute approximate surface area is 473 Å². The first-order valence-electron chi connectivity index (χ1n) is 26.5. The maximum absolute atomic E-state index is 14.5. The molecule has 0 bridgehead atoms. The Bertz CT molecular complexity index is 3280. The van der Waals surface area contributed by atoms with Crippen molar-refractivity contribution in [3.8, 4) is 5.75 Å². The van der Waals surface area contributed by atoms with Crippen molar-refractivity contribution < 1.29 is 73.1 Å². The number of aliphatic carboxylic acids is 1. The van der Waals surface area contributed by atoms with Crippen LogP contribution >= 0.6 is 11.6 Å².